The number of nitriles is 1. The number of hydrogen-bond acceptors (Lipinski definition) is 6. The van der Waals surface area contributed by atoms with Gasteiger partial charge < -0.3 is 15.4 Å². The molecule has 156 valence electrons. The first kappa shape index (κ1) is 21.6. The van der Waals surface area contributed by atoms with E-state index in [2.05, 4.69) is 10.6 Å². The minimum absolute atomic E-state index is 0.115. The lowest BCUT2D eigenvalue weighted by Crippen LogP contribution is -2.15. The van der Waals surface area contributed by atoms with Crippen molar-refractivity contribution in [3.05, 3.63) is 90.6 Å². The molecule has 0 bridgehead atoms. The first-order valence-corrected chi connectivity index (χ1v) is 10.4. The van der Waals surface area contributed by atoms with Gasteiger partial charge in [-0.1, -0.05) is 24.3 Å². The predicted octanol–water partition coefficient (Wildman–Crippen LogP) is 4.18. The lowest BCUT2D eigenvalue weighted by Gasteiger charge is -2.08. The van der Waals surface area contributed by atoms with Gasteiger partial charge in [-0.15, -0.1) is 0 Å². The van der Waals surface area contributed by atoms with Gasteiger partial charge in [0.25, 0.3) is 16.0 Å². The van der Waals surface area contributed by atoms with Gasteiger partial charge in [0.2, 0.25) is 0 Å². The van der Waals surface area contributed by atoms with Gasteiger partial charge in [-0.2, -0.15) is 13.7 Å². The van der Waals surface area contributed by atoms with E-state index < -0.39 is 16.0 Å². The van der Waals surface area contributed by atoms with E-state index in [0.29, 0.717) is 17.2 Å². The molecule has 0 aliphatic rings. The number of amides is 1. The Hall–Kier alpha value is -4.13. The fourth-order valence-corrected chi connectivity index (χ4v) is 3.01. The largest absolute Gasteiger partial charge is 0.457 e. The van der Waals surface area contributed by atoms with Crippen molar-refractivity contribution in [1.82, 2.24) is 0 Å². The molecule has 0 saturated heterocycles. The highest BCUT2D eigenvalue weighted by molar-refractivity contribution is 7.85. The normalized spacial score (nSPS) is 11.3. The summed E-state index contributed by atoms with van der Waals surface area (Å²) in [5.74, 6) is 0.578. The Morgan fingerprint density at radius 1 is 0.935 bits per heavy atom. The number of benzene rings is 3. The van der Waals surface area contributed by atoms with Gasteiger partial charge in [0.05, 0.1) is 4.90 Å². The second-order valence-corrected chi connectivity index (χ2v) is 7.63. The molecule has 0 heterocycles. The summed E-state index contributed by atoms with van der Waals surface area (Å²) in [6.07, 6.45) is 1.23. The fraction of sp³-hybridized carbons (Fsp3) is 0. The van der Waals surface area contributed by atoms with Crippen molar-refractivity contribution < 1.29 is 22.5 Å². The van der Waals surface area contributed by atoms with Crippen molar-refractivity contribution in [3.63, 3.8) is 0 Å². The zero-order chi connectivity index (χ0) is 22.3. The molecule has 0 spiro atoms. The third-order valence-corrected chi connectivity index (χ3v) is 4.82. The molecule has 0 aliphatic carbocycles. The summed E-state index contributed by atoms with van der Waals surface area (Å²) in [6, 6.07) is 23.0. The van der Waals surface area contributed by atoms with E-state index in [-0.39, 0.29) is 16.2 Å². The van der Waals surface area contributed by atoms with Crippen molar-refractivity contribution in [2.45, 2.75) is 4.90 Å². The number of carbonyl (C=O) groups is 1. The van der Waals surface area contributed by atoms with Crippen LogP contribution in [0.15, 0.2) is 95.5 Å². The van der Waals surface area contributed by atoms with E-state index in [0.717, 1.165) is 6.07 Å². The molecule has 0 unspecified atom stereocenters. The molecule has 8 nitrogen and oxygen atoms in total. The minimum atomic E-state index is -4.41. The Labute approximate surface area is 179 Å². The van der Waals surface area contributed by atoms with Crippen LogP contribution in [0.5, 0.6) is 11.5 Å². The van der Waals surface area contributed by atoms with Crippen molar-refractivity contribution in [2.24, 2.45) is 0 Å². The molecular formula is C22H17N3O5S. The minimum Gasteiger partial charge on any atom is -0.457 e. The summed E-state index contributed by atoms with van der Waals surface area (Å²) in [5, 5.41) is 14.5. The number of nitrogens with zero attached hydrogens (tertiary/aromatic N) is 1. The van der Waals surface area contributed by atoms with Gasteiger partial charge in [0.1, 0.15) is 23.1 Å². The molecular weight excluding hydrogens is 418 g/mol. The number of rotatable bonds is 7. The topological polar surface area (TPSA) is 129 Å². The molecule has 0 aromatic heterocycles. The van der Waals surface area contributed by atoms with E-state index >= 15 is 0 Å². The van der Waals surface area contributed by atoms with E-state index in [4.69, 9.17) is 9.29 Å². The highest BCUT2D eigenvalue weighted by Gasteiger charge is 2.13. The van der Waals surface area contributed by atoms with Crippen molar-refractivity contribution in [3.8, 4) is 17.6 Å². The van der Waals surface area contributed by atoms with Crippen LogP contribution in [0.2, 0.25) is 0 Å². The first-order valence-electron chi connectivity index (χ1n) is 8.94. The molecule has 3 N–H and O–H groups in total. The number of nitrogens with one attached hydrogen (secondary N) is 2. The lowest BCUT2D eigenvalue weighted by molar-refractivity contribution is -0.112. The first-order chi connectivity index (χ1) is 14.8. The van der Waals surface area contributed by atoms with Crippen LogP contribution < -0.4 is 15.4 Å². The smallest absolute Gasteiger partial charge is 0.294 e. The molecule has 0 radical (unpaired) electrons. The van der Waals surface area contributed by atoms with E-state index in [1.807, 2.05) is 30.3 Å². The lowest BCUT2D eigenvalue weighted by atomic mass is 10.2. The maximum Gasteiger partial charge on any atom is 0.294 e. The van der Waals surface area contributed by atoms with E-state index in [1.165, 1.54) is 24.4 Å². The Morgan fingerprint density at radius 2 is 1.61 bits per heavy atom. The number of carbonyl (C=O) groups excluding carboxylic acids is 1. The third-order valence-electron chi connectivity index (χ3n) is 3.97. The van der Waals surface area contributed by atoms with Crippen molar-refractivity contribution in [2.75, 3.05) is 10.6 Å². The molecule has 31 heavy (non-hydrogen) atoms. The van der Waals surface area contributed by atoms with Crippen molar-refractivity contribution in [1.29, 1.82) is 5.26 Å². The quantitative estimate of drug-likeness (QED) is 0.288. The molecule has 0 atom stereocenters. The highest BCUT2D eigenvalue weighted by atomic mass is 32.2. The summed E-state index contributed by atoms with van der Waals surface area (Å²) in [7, 11) is -4.41. The molecule has 3 aromatic carbocycles. The van der Waals surface area contributed by atoms with E-state index in [1.54, 1.807) is 30.3 Å². The van der Waals surface area contributed by atoms with Gasteiger partial charge in [0.15, 0.2) is 0 Å². The van der Waals surface area contributed by atoms with Gasteiger partial charge in [-0.05, 0) is 54.6 Å². The Morgan fingerprint density at radius 3 is 2.26 bits per heavy atom. The highest BCUT2D eigenvalue weighted by Crippen LogP contribution is 2.23. The molecule has 0 saturated carbocycles. The number of hydrogen-bond donors (Lipinski definition) is 3. The van der Waals surface area contributed by atoms with Crippen LogP contribution >= 0.6 is 0 Å². The van der Waals surface area contributed by atoms with Gasteiger partial charge >= 0.3 is 0 Å². The van der Waals surface area contributed by atoms with Crippen LogP contribution in [-0.4, -0.2) is 18.9 Å². The summed E-state index contributed by atoms with van der Waals surface area (Å²) in [5.41, 5.74) is 0.500. The number of anilines is 2. The summed E-state index contributed by atoms with van der Waals surface area (Å²) in [6.45, 7) is 0. The summed E-state index contributed by atoms with van der Waals surface area (Å²) in [4.78, 5) is 11.9. The Kier molecular flexibility index (Phi) is 6.67. The molecule has 0 fully saturated rings. The maximum atomic E-state index is 12.3. The molecule has 3 aromatic rings. The zero-order valence-electron chi connectivity index (χ0n) is 16.0. The monoisotopic (exact) mass is 435 g/mol. The van der Waals surface area contributed by atoms with Gasteiger partial charge in [0, 0.05) is 17.6 Å². The van der Waals surface area contributed by atoms with Crippen LogP contribution in [0.25, 0.3) is 0 Å². The van der Waals surface area contributed by atoms with Crippen LogP contribution in [0.3, 0.4) is 0 Å². The fourth-order valence-electron chi connectivity index (χ4n) is 2.48. The maximum absolute atomic E-state index is 12.3. The number of para-hydroxylation sites is 1. The average molecular weight is 435 g/mol. The van der Waals surface area contributed by atoms with Crippen LogP contribution in [0.4, 0.5) is 11.4 Å². The second-order valence-electron chi connectivity index (χ2n) is 6.21. The summed E-state index contributed by atoms with van der Waals surface area (Å²) >= 11 is 0. The molecule has 9 heteroatoms. The van der Waals surface area contributed by atoms with E-state index in [9.17, 15) is 18.5 Å². The average Bonchev–Trinajstić information content (AvgIpc) is 2.75. The van der Waals surface area contributed by atoms with Crippen molar-refractivity contribution >= 4 is 27.4 Å². The van der Waals surface area contributed by atoms with Gasteiger partial charge in [-0.3, -0.25) is 9.35 Å². The molecule has 1 amide bonds. The second kappa shape index (κ2) is 9.58. The van der Waals surface area contributed by atoms with Crippen LogP contribution in [-0.2, 0) is 14.9 Å². The Balaban J connectivity index is 1.65. The SMILES string of the molecule is N#C/C(=C/Nc1ccc(Oc2ccccc2)cc1)C(=O)Nc1cccc(S(=O)(=O)O)c1. The van der Waals surface area contributed by atoms with Crippen LogP contribution in [0, 0.1) is 11.3 Å². The Bertz CT molecular complexity index is 1250. The number of ether oxygens (including phenoxy) is 1. The molecule has 0 aliphatic heterocycles. The summed E-state index contributed by atoms with van der Waals surface area (Å²) < 4.78 is 37.2. The molecule has 3 rings (SSSR count). The zero-order valence-corrected chi connectivity index (χ0v) is 16.8. The third kappa shape index (κ3) is 6.17. The standard InChI is InChI=1S/C22H17N3O5S/c23-14-16(22(26)25-18-5-4-8-21(13-18)31(27,28)29)15-24-17-9-11-20(12-10-17)30-19-6-2-1-3-7-19/h1-13,15,24H,(H,25,26)(H,27,28,29)/b16-15-. The van der Waals surface area contributed by atoms with Crippen LogP contribution in [0.1, 0.15) is 0 Å². The predicted molar refractivity (Wildman–Crippen MR) is 115 cm³/mol. The van der Waals surface area contributed by atoms with Gasteiger partial charge in [-0.25, -0.2) is 0 Å².